The lowest BCUT2D eigenvalue weighted by atomic mass is 9.86. The zero-order chi connectivity index (χ0) is 28.6. The number of nitrogens with zero attached hydrogens (tertiary/aromatic N) is 2. The van der Waals surface area contributed by atoms with E-state index in [1.54, 1.807) is 7.11 Å². The summed E-state index contributed by atoms with van der Waals surface area (Å²) in [5.74, 6) is 0.216. The minimum Gasteiger partial charge on any atom is -0.497 e. The summed E-state index contributed by atoms with van der Waals surface area (Å²) in [7, 11) is 3.75. The van der Waals surface area contributed by atoms with Gasteiger partial charge >= 0.3 is 0 Å². The van der Waals surface area contributed by atoms with Crippen LogP contribution < -0.4 is 9.64 Å². The van der Waals surface area contributed by atoms with Gasteiger partial charge in [-0.2, -0.15) is 0 Å². The van der Waals surface area contributed by atoms with Crippen LogP contribution in [-0.4, -0.2) is 45.2 Å². The Morgan fingerprint density at radius 1 is 0.595 bits per heavy atom. The molecule has 3 nitrogen and oxygen atoms in total. The van der Waals surface area contributed by atoms with Gasteiger partial charge in [-0.05, 0) is 63.5 Å². The summed E-state index contributed by atoms with van der Waals surface area (Å²) in [6.45, 7) is 3.72. The zero-order valence-corrected chi connectivity index (χ0v) is 24.0. The van der Waals surface area contributed by atoms with Gasteiger partial charge in [0.25, 0.3) is 0 Å². The lowest BCUT2D eigenvalue weighted by molar-refractivity contribution is 0.313. The van der Waals surface area contributed by atoms with Crippen molar-refractivity contribution in [1.82, 2.24) is 4.90 Å². The minimum absolute atomic E-state index is 0.293. The van der Waals surface area contributed by atoms with Crippen LogP contribution >= 0.6 is 0 Å². The van der Waals surface area contributed by atoms with Crippen LogP contribution in [0.4, 0.5) is 10.1 Å². The van der Waals surface area contributed by atoms with Crippen molar-refractivity contribution in [3.05, 3.63) is 121 Å². The average molecular weight is 553 g/mol. The number of fused-ring (bicyclic) bond motifs is 2. The fraction of sp³-hybridized carbons (Fsp3) is 0.158. The number of methoxy groups -OCH3 is 1. The molecule has 1 aliphatic heterocycles. The number of hydrogen-bond acceptors (Lipinski definition) is 3. The maximum absolute atomic E-state index is 15.8. The van der Waals surface area contributed by atoms with E-state index in [0.717, 1.165) is 59.5 Å². The first kappa shape index (κ1) is 26.2. The molecule has 1 heterocycles. The molecule has 0 N–H and O–H groups in total. The number of hydrogen-bond donors (Lipinski definition) is 0. The topological polar surface area (TPSA) is 15.7 Å². The van der Waals surface area contributed by atoms with E-state index >= 15 is 4.39 Å². The second kappa shape index (κ2) is 11.0. The third-order valence-corrected chi connectivity index (χ3v) is 8.58. The molecule has 6 aromatic carbocycles. The summed E-state index contributed by atoms with van der Waals surface area (Å²) in [5.41, 5.74) is 7.09. The van der Waals surface area contributed by atoms with Gasteiger partial charge < -0.3 is 14.5 Å². The molecule has 0 saturated carbocycles. The van der Waals surface area contributed by atoms with Gasteiger partial charge in [-0.15, -0.1) is 0 Å². The lowest BCUT2D eigenvalue weighted by Gasteiger charge is -2.37. The predicted molar refractivity (Wildman–Crippen MR) is 174 cm³/mol. The van der Waals surface area contributed by atoms with Crippen LogP contribution in [0.5, 0.6) is 5.75 Å². The largest absolute Gasteiger partial charge is 0.497 e. The number of piperazine rings is 1. The quantitative estimate of drug-likeness (QED) is 0.212. The second-order valence-electron chi connectivity index (χ2n) is 11.1. The minimum atomic E-state index is -0.293. The van der Waals surface area contributed by atoms with Crippen molar-refractivity contribution in [1.29, 1.82) is 0 Å². The van der Waals surface area contributed by atoms with E-state index in [1.807, 2.05) is 12.1 Å². The van der Waals surface area contributed by atoms with Crippen LogP contribution in [0.25, 0.3) is 54.9 Å². The van der Waals surface area contributed by atoms with Crippen molar-refractivity contribution in [3.63, 3.8) is 0 Å². The fourth-order valence-corrected chi connectivity index (χ4v) is 6.33. The highest BCUT2D eigenvalue weighted by Crippen LogP contribution is 2.48. The molecule has 0 atom stereocenters. The average Bonchev–Trinajstić information content (AvgIpc) is 3.04. The van der Waals surface area contributed by atoms with Crippen molar-refractivity contribution in [3.8, 4) is 39.1 Å². The Bertz CT molecular complexity index is 1920. The summed E-state index contributed by atoms with van der Waals surface area (Å²) in [6.07, 6.45) is 0. The van der Waals surface area contributed by atoms with Crippen molar-refractivity contribution in [2.75, 3.05) is 45.2 Å². The summed E-state index contributed by atoms with van der Waals surface area (Å²) in [4.78, 5) is 4.88. The van der Waals surface area contributed by atoms with Gasteiger partial charge in [-0.3, -0.25) is 0 Å². The standard InChI is InChI=1S/C38H33FN2O/c1-40-20-22-41(23-21-40)38-35(32-13-7-11-27-9-5-6-12-31(27)32)19-18-34(33-17-16-30(42-2)25-36(33)39)37(38)29-15-14-26-8-3-4-10-28(26)24-29/h3-19,24-25H,20-23H2,1-2H3. The van der Waals surface area contributed by atoms with Gasteiger partial charge in [0.1, 0.15) is 11.6 Å². The molecule has 0 aliphatic carbocycles. The molecule has 7 rings (SSSR count). The molecule has 42 heavy (non-hydrogen) atoms. The van der Waals surface area contributed by atoms with Crippen molar-refractivity contribution >= 4 is 27.2 Å². The molecule has 4 heteroatoms. The predicted octanol–water partition coefficient (Wildman–Crippen LogP) is 8.89. The van der Waals surface area contributed by atoms with Gasteiger partial charge in [0, 0.05) is 48.9 Å². The lowest BCUT2D eigenvalue weighted by Crippen LogP contribution is -2.44. The number of ether oxygens (including phenoxy) is 1. The molecule has 1 aliphatic rings. The molecule has 0 bridgehead atoms. The van der Waals surface area contributed by atoms with Crippen LogP contribution in [0.15, 0.2) is 115 Å². The van der Waals surface area contributed by atoms with E-state index in [-0.39, 0.29) is 5.82 Å². The Balaban J connectivity index is 1.58. The second-order valence-corrected chi connectivity index (χ2v) is 11.1. The van der Waals surface area contributed by atoms with Crippen LogP contribution in [0.1, 0.15) is 0 Å². The first-order valence-corrected chi connectivity index (χ1v) is 14.5. The molecular weight excluding hydrogens is 519 g/mol. The first-order chi connectivity index (χ1) is 20.6. The number of halogens is 1. The highest BCUT2D eigenvalue weighted by atomic mass is 19.1. The Labute approximate surface area is 246 Å². The molecule has 0 aromatic heterocycles. The van der Waals surface area contributed by atoms with Gasteiger partial charge in [-0.1, -0.05) is 91.0 Å². The van der Waals surface area contributed by atoms with E-state index in [9.17, 15) is 0 Å². The maximum atomic E-state index is 15.8. The van der Waals surface area contributed by atoms with Crippen molar-refractivity contribution in [2.24, 2.45) is 0 Å². The molecular formula is C38H33FN2O. The molecule has 0 unspecified atom stereocenters. The molecule has 208 valence electrons. The Kier molecular flexibility index (Phi) is 6.85. The van der Waals surface area contributed by atoms with E-state index < -0.39 is 0 Å². The van der Waals surface area contributed by atoms with Crippen molar-refractivity contribution < 1.29 is 9.13 Å². The van der Waals surface area contributed by atoms with Crippen LogP contribution in [-0.2, 0) is 0 Å². The number of rotatable bonds is 5. The van der Waals surface area contributed by atoms with E-state index in [1.165, 1.54) is 27.8 Å². The summed E-state index contributed by atoms with van der Waals surface area (Å²) in [5, 5.41) is 4.76. The summed E-state index contributed by atoms with van der Waals surface area (Å²) in [6, 6.07) is 39.6. The van der Waals surface area contributed by atoms with Gasteiger partial charge in [0.2, 0.25) is 0 Å². The third-order valence-electron chi connectivity index (χ3n) is 8.58. The van der Waals surface area contributed by atoms with Crippen LogP contribution in [0.2, 0.25) is 0 Å². The smallest absolute Gasteiger partial charge is 0.134 e. The number of likely N-dealkylation sites (N-methyl/N-ethyl adjacent to an activating group) is 1. The monoisotopic (exact) mass is 552 g/mol. The normalized spacial score (nSPS) is 14.0. The van der Waals surface area contributed by atoms with E-state index in [4.69, 9.17) is 4.74 Å². The highest BCUT2D eigenvalue weighted by molar-refractivity contribution is 6.06. The Morgan fingerprint density at radius 3 is 2.07 bits per heavy atom. The number of anilines is 1. The Morgan fingerprint density at radius 2 is 1.29 bits per heavy atom. The van der Waals surface area contributed by atoms with Crippen molar-refractivity contribution in [2.45, 2.75) is 0 Å². The number of benzene rings is 6. The molecule has 0 amide bonds. The van der Waals surface area contributed by atoms with Gasteiger partial charge in [-0.25, -0.2) is 4.39 Å². The molecule has 0 radical (unpaired) electrons. The molecule has 6 aromatic rings. The highest BCUT2D eigenvalue weighted by Gasteiger charge is 2.26. The summed E-state index contributed by atoms with van der Waals surface area (Å²) >= 11 is 0. The van der Waals surface area contributed by atoms with Gasteiger partial charge in [0.15, 0.2) is 0 Å². The first-order valence-electron chi connectivity index (χ1n) is 14.5. The Hall–Kier alpha value is -4.67. The van der Waals surface area contributed by atoms with Gasteiger partial charge in [0.05, 0.1) is 12.8 Å². The summed E-state index contributed by atoms with van der Waals surface area (Å²) < 4.78 is 21.2. The van der Waals surface area contributed by atoms with E-state index in [2.05, 4.69) is 114 Å². The molecule has 1 saturated heterocycles. The maximum Gasteiger partial charge on any atom is 0.134 e. The fourth-order valence-electron chi connectivity index (χ4n) is 6.33. The zero-order valence-electron chi connectivity index (χ0n) is 24.0. The third kappa shape index (κ3) is 4.68. The molecule has 1 fully saturated rings. The van der Waals surface area contributed by atoms with E-state index in [0.29, 0.717) is 11.3 Å². The van der Waals surface area contributed by atoms with Crippen LogP contribution in [0.3, 0.4) is 0 Å². The molecule has 0 spiro atoms. The van der Waals surface area contributed by atoms with Crippen LogP contribution in [0, 0.1) is 5.82 Å². The SMILES string of the molecule is COc1ccc(-c2ccc(-c3cccc4ccccc34)c(N3CCN(C)CC3)c2-c2ccc3ccccc3c2)c(F)c1.